The van der Waals surface area contributed by atoms with Crippen LogP contribution in [0.2, 0.25) is 5.02 Å². The van der Waals surface area contributed by atoms with E-state index < -0.39 is 0 Å². The molecule has 0 amide bonds. The zero-order chi connectivity index (χ0) is 9.14. The van der Waals surface area contributed by atoms with Crippen LogP contribution in [0.5, 0.6) is 0 Å². The van der Waals surface area contributed by atoms with Crippen LogP contribution in [0.3, 0.4) is 0 Å². The predicted octanol–water partition coefficient (Wildman–Crippen LogP) is 1.94. The van der Waals surface area contributed by atoms with Crippen molar-refractivity contribution in [2.75, 3.05) is 6.61 Å². The van der Waals surface area contributed by atoms with Crippen LogP contribution in [0, 0.1) is 3.57 Å². The number of hydrogen-bond donors (Lipinski definition) is 2. The summed E-state index contributed by atoms with van der Waals surface area (Å²) in [5.74, 6) is 0. The largest absolute Gasteiger partial charge is 0.394 e. The van der Waals surface area contributed by atoms with Gasteiger partial charge in [0.25, 0.3) is 0 Å². The van der Waals surface area contributed by atoms with Crippen LogP contribution in [0.1, 0.15) is 11.6 Å². The SMILES string of the molecule is NC(CO)c1cc(Cl)ccc1I. The molecular weight excluding hydrogens is 288 g/mol. The Balaban J connectivity index is 3.04. The van der Waals surface area contributed by atoms with Crippen LogP contribution in [-0.4, -0.2) is 11.7 Å². The molecule has 3 N–H and O–H groups in total. The lowest BCUT2D eigenvalue weighted by Crippen LogP contribution is -2.15. The Morgan fingerprint density at radius 2 is 2.25 bits per heavy atom. The summed E-state index contributed by atoms with van der Waals surface area (Å²) >= 11 is 7.94. The molecule has 4 heteroatoms. The first kappa shape index (κ1) is 10.2. The molecule has 0 aliphatic rings. The van der Waals surface area contributed by atoms with Crippen molar-refractivity contribution in [1.82, 2.24) is 0 Å². The molecule has 1 atom stereocenters. The Kier molecular flexibility index (Phi) is 3.77. The Morgan fingerprint density at radius 3 is 2.83 bits per heavy atom. The molecule has 1 aromatic rings. The second-order valence-electron chi connectivity index (χ2n) is 2.45. The van der Waals surface area contributed by atoms with Gasteiger partial charge in [0.2, 0.25) is 0 Å². The van der Waals surface area contributed by atoms with Crippen molar-refractivity contribution in [3.8, 4) is 0 Å². The van der Waals surface area contributed by atoms with Gasteiger partial charge in [0.05, 0.1) is 12.6 Å². The lowest BCUT2D eigenvalue weighted by Gasteiger charge is -2.10. The predicted molar refractivity (Wildman–Crippen MR) is 58.2 cm³/mol. The highest BCUT2D eigenvalue weighted by molar-refractivity contribution is 14.1. The molecule has 1 unspecified atom stereocenters. The first-order valence-corrected chi connectivity index (χ1v) is 4.92. The molecule has 0 aromatic heterocycles. The van der Waals surface area contributed by atoms with Crippen molar-refractivity contribution in [2.45, 2.75) is 6.04 Å². The van der Waals surface area contributed by atoms with Crippen LogP contribution in [0.15, 0.2) is 18.2 Å². The third-order valence-corrected chi connectivity index (χ3v) is 2.77. The van der Waals surface area contributed by atoms with E-state index in [1.54, 1.807) is 12.1 Å². The smallest absolute Gasteiger partial charge is 0.0624 e. The van der Waals surface area contributed by atoms with E-state index in [0.717, 1.165) is 9.13 Å². The molecule has 0 radical (unpaired) electrons. The minimum absolute atomic E-state index is 0.0592. The van der Waals surface area contributed by atoms with Crippen molar-refractivity contribution in [1.29, 1.82) is 0 Å². The average Bonchev–Trinajstić information content (AvgIpc) is 2.08. The van der Waals surface area contributed by atoms with Gasteiger partial charge in [-0.1, -0.05) is 11.6 Å². The molecule has 1 aromatic carbocycles. The number of aliphatic hydroxyl groups excluding tert-OH is 1. The normalized spacial score (nSPS) is 13.0. The standard InChI is InChI=1S/C8H9ClINO/c9-5-1-2-7(10)6(3-5)8(11)4-12/h1-3,8,12H,4,11H2. The number of halogens is 2. The van der Waals surface area contributed by atoms with Crippen LogP contribution < -0.4 is 5.73 Å². The fourth-order valence-electron chi connectivity index (χ4n) is 0.897. The van der Waals surface area contributed by atoms with Crippen molar-refractivity contribution in [2.24, 2.45) is 5.73 Å². The molecule has 0 aliphatic carbocycles. The van der Waals surface area contributed by atoms with Gasteiger partial charge in [0.1, 0.15) is 0 Å². The fourth-order valence-corrected chi connectivity index (χ4v) is 1.81. The van der Waals surface area contributed by atoms with Gasteiger partial charge in [-0.15, -0.1) is 0 Å². The first-order valence-electron chi connectivity index (χ1n) is 3.46. The summed E-state index contributed by atoms with van der Waals surface area (Å²) in [7, 11) is 0. The molecule has 66 valence electrons. The maximum atomic E-state index is 8.83. The van der Waals surface area contributed by atoms with Gasteiger partial charge in [-0.3, -0.25) is 0 Å². The van der Waals surface area contributed by atoms with Crippen molar-refractivity contribution >= 4 is 34.2 Å². The lowest BCUT2D eigenvalue weighted by molar-refractivity contribution is 0.267. The number of aliphatic hydroxyl groups is 1. The summed E-state index contributed by atoms with van der Waals surface area (Å²) in [5.41, 5.74) is 6.54. The highest BCUT2D eigenvalue weighted by atomic mass is 127. The van der Waals surface area contributed by atoms with Gasteiger partial charge >= 0.3 is 0 Å². The average molecular weight is 298 g/mol. The highest BCUT2D eigenvalue weighted by Gasteiger charge is 2.08. The second-order valence-corrected chi connectivity index (χ2v) is 4.05. The van der Waals surface area contributed by atoms with Gasteiger partial charge in [0, 0.05) is 8.59 Å². The van der Waals surface area contributed by atoms with E-state index in [-0.39, 0.29) is 12.6 Å². The molecule has 2 nitrogen and oxygen atoms in total. The third kappa shape index (κ3) is 2.32. The summed E-state index contributed by atoms with van der Waals surface area (Å²) in [6, 6.07) is 5.13. The Morgan fingerprint density at radius 1 is 1.58 bits per heavy atom. The number of rotatable bonds is 2. The lowest BCUT2D eigenvalue weighted by atomic mass is 10.1. The number of benzene rings is 1. The Labute approximate surface area is 89.9 Å². The summed E-state index contributed by atoms with van der Waals surface area (Å²) in [6.45, 7) is -0.0592. The van der Waals surface area contributed by atoms with Crippen LogP contribution in [0.4, 0.5) is 0 Å². The summed E-state index contributed by atoms with van der Waals surface area (Å²) < 4.78 is 1.03. The van der Waals surface area contributed by atoms with E-state index in [9.17, 15) is 0 Å². The Bertz CT molecular complexity index is 280. The van der Waals surface area contributed by atoms with Gasteiger partial charge in [-0.05, 0) is 46.4 Å². The zero-order valence-electron chi connectivity index (χ0n) is 6.30. The van der Waals surface area contributed by atoms with Crippen molar-refractivity contribution < 1.29 is 5.11 Å². The molecule has 12 heavy (non-hydrogen) atoms. The molecule has 0 saturated carbocycles. The minimum Gasteiger partial charge on any atom is -0.394 e. The van der Waals surface area contributed by atoms with E-state index in [2.05, 4.69) is 22.6 Å². The molecule has 0 fully saturated rings. The monoisotopic (exact) mass is 297 g/mol. The molecule has 0 saturated heterocycles. The summed E-state index contributed by atoms with van der Waals surface area (Å²) in [5, 5.41) is 9.48. The maximum absolute atomic E-state index is 8.83. The maximum Gasteiger partial charge on any atom is 0.0624 e. The van der Waals surface area contributed by atoms with Crippen LogP contribution in [0.25, 0.3) is 0 Å². The molecular formula is C8H9ClINO. The number of nitrogens with two attached hydrogens (primary N) is 1. The van der Waals surface area contributed by atoms with Crippen molar-refractivity contribution in [3.05, 3.63) is 32.4 Å². The second kappa shape index (κ2) is 4.41. The summed E-state index contributed by atoms with van der Waals surface area (Å²) in [4.78, 5) is 0. The van der Waals surface area contributed by atoms with Gasteiger partial charge in [-0.25, -0.2) is 0 Å². The fraction of sp³-hybridized carbons (Fsp3) is 0.250. The molecule has 0 bridgehead atoms. The van der Waals surface area contributed by atoms with Gasteiger partial charge in [-0.2, -0.15) is 0 Å². The number of hydrogen-bond acceptors (Lipinski definition) is 2. The topological polar surface area (TPSA) is 46.2 Å². The van der Waals surface area contributed by atoms with Gasteiger partial charge < -0.3 is 10.8 Å². The quantitative estimate of drug-likeness (QED) is 0.820. The molecule has 0 aliphatic heterocycles. The van der Waals surface area contributed by atoms with Gasteiger partial charge in [0.15, 0.2) is 0 Å². The molecule has 0 spiro atoms. The van der Waals surface area contributed by atoms with Crippen molar-refractivity contribution in [3.63, 3.8) is 0 Å². The summed E-state index contributed by atoms with van der Waals surface area (Å²) in [6.07, 6.45) is 0. The third-order valence-electron chi connectivity index (χ3n) is 1.55. The van der Waals surface area contributed by atoms with Crippen LogP contribution in [-0.2, 0) is 0 Å². The first-order chi connectivity index (χ1) is 5.65. The minimum atomic E-state index is -0.337. The van der Waals surface area contributed by atoms with E-state index in [1.807, 2.05) is 6.07 Å². The Hall–Kier alpha value is 0.160. The highest BCUT2D eigenvalue weighted by Crippen LogP contribution is 2.22. The van der Waals surface area contributed by atoms with Crippen LogP contribution >= 0.6 is 34.2 Å². The van der Waals surface area contributed by atoms with E-state index in [0.29, 0.717) is 5.02 Å². The zero-order valence-corrected chi connectivity index (χ0v) is 9.21. The van der Waals surface area contributed by atoms with E-state index in [1.165, 1.54) is 0 Å². The van der Waals surface area contributed by atoms with E-state index >= 15 is 0 Å². The molecule has 1 rings (SSSR count). The van der Waals surface area contributed by atoms with E-state index in [4.69, 9.17) is 22.4 Å². The molecule has 0 heterocycles.